The van der Waals surface area contributed by atoms with E-state index in [0.29, 0.717) is 6.61 Å². The molecular weight excluding hydrogens is 398 g/mol. The number of para-hydroxylation sites is 2. The van der Waals surface area contributed by atoms with Crippen molar-refractivity contribution in [2.24, 2.45) is 5.41 Å². The molecule has 0 aliphatic carbocycles. The highest BCUT2D eigenvalue weighted by Gasteiger charge is 2.25. The molecule has 0 saturated heterocycles. The van der Waals surface area contributed by atoms with Crippen LogP contribution in [0.25, 0.3) is 11.0 Å². The van der Waals surface area contributed by atoms with Gasteiger partial charge in [-0.3, -0.25) is 4.79 Å². The Morgan fingerprint density at radius 3 is 2.67 bits per heavy atom. The minimum atomic E-state index is -0.449. The van der Waals surface area contributed by atoms with Gasteiger partial charge < -0.3 is 14.6 Å². The van der Waals surface area contributed by atoms with Gasteiger partial charge in [0.05, 0.1) is 23.7 Å². The quantitative estimate of drug-likeness (QED) is 0.492. The molecule has 0 radical (unpaired) electrons. The van der Waals surface area contributed by atoms with Gasteiger partial charge in [-0.2, -0.15) is 0 Å². The molecule has 0 aliphatic rings. The van der Waals surface area contributed by atoms with E-state index in [1.165, 1.54) is 0 Å². The predicted octanol–water partition coefficient (Wildman–Crippen LogP) is 5.69. The molecule has 1 aromatic heterocycles. The van der Waals surface area contributed by atoms with Crippen LogP contribution < -0.4 is 10.1 Å². The Morgan fingerprint density at radius 1 is 1.23 bits per heavy atom. The molecule has 3 aromatic rings. The van der Waals surface area contributed by atoms with Crippen LogP contribution in [0.3, 0.4) is 0 Å². The lowest BCUT2D eigenvalue weighted by molar-refractivity contribution is -0.129. The zero-order valence-corrected chi connectivity index (χ0v) is 19.1. The summed E-state index contributed by atoms with van der Waals surface area (Å²) in [6, 6.07) is 13.6. The maximum absolute atomic E-state index is 12.5. The molecular formula is C24H30ClN3O2. The van der Waals surface area contributed by atoms with Gasteiger partial charge in [0.15, 0.2) is 0 Å². The monoisotopic (exact) mass is 427 g/mol. The first kappa shape index (κ1) is 22.2. The van der Waals surface area contributed by atoms with Crippen LogP contribution in [0.4, 0.5) is 0 Å². The highest BCUT2D eigenvalue weighted by molar-refractivity contribution is 6.31. The molecule has 0 spiro atoms. The van der Waals surface area contributed by atoms with Gasteiger partial charge in [-0.25, -0.2) is 4.98 Å². The minimum Gasteiger partial charge on any atom is -0.494 e. The van der Waals surface area contributed by atoms with Crippen molar-refractivity contribution in [3.8, 4) is 5.75 Å². The summed E-state index contributed by atoms with van der Waals surface area (Å²) in [5, 5.41) is 3.84. The van der Waals surface area contributed by atoms with Crippen LogP contribution in [-0.4, -0.2) is 22.1 Å². The lowest BCUT2D eigenvalue weighted by Gasteiger charge is -2.22. The number of hydrogen-bond donors (Lipinski definition) is 1. The van der Waals surface area contributed by atoms with Gasteiger partial charge in [0.1, 0.15) is 11.6 Å². The van der Waals surface area contributed by atoms with Crippen molar-refractivity contribution in [1.82, 2.24) is 14.9 Å². The summed E-state index contributed by atoms with van der Waals surface area (Å²) in [5.74, 6) is 1.68. The number of amides is 1. The second-order valence-corrected chi connectivity index (χ2v) is 9.08. The van der Waals surface area contributed by atoms with E-state index in [0.717, 1.165) is 46.2 Å². The lowest BCUT2D eigenvalue weighted by atomic mass is 9.95. The summed E-state index contributed by atoms with van der Waals surface area (Å²) in [5.41, 5.74) is 2.54. The third kappa shape index (κ3) is 5.14. The topological polar surface area (TPSA) is 56.1 Å². The first-order chi connectivity index (χ1) is 14.2. The molecule has 30 heavy (non-hydrogen) atoms. The Kier molecular flexibility index (Phi) is 6.71. The Hall–Kier alpha value is -2.53. The zero-order chi connectivity index (χ0) is 21.9. The van der Waals surface area contributed by atoms with Gasteiger partial charge in [0, 0.05) is 17.0 Å². The standard InChI is InChI=1S/C24H30ClN3O2/c1-16-15-18(11-12-19(16)25)30-14-8-13-28-21-10-7-6-9-20(21)27-22(28)17(2)26-23(29)24(3,4)5/h6-7,9-12,15,17H,8,13-14H2,1-5H3,(H,26,29). The molecule has 5 nitrogen and oxygen atoms in total. The van der Waals surface area contributed by atoms with Crippen LogP contribution in [0.5, 0.6) is 5.75 Å². The van der Waals surface area contributed by atoms with E-state index in [4.69, 9.17) is 21.3 Å². The fraction of sp³-hybridized carbons (Fsp3) is 0.417. The third-order valence-electron chi connectivity index (χ3n) is 5.02. The van der Waals surface area contributed by atoms with Crippen molar-refractivity contribution >= 4 is 28.5 Å². The fourth-order valence-corrected chi connectivity index (χ4v) is 3.37. The summed E-state index contributed by atoms with van der Waals surface area (Å²) in [4.78, 5) is 17.3. The number of halogens is 1. The normalized spacial score (nSPS) is 12.7. The number of rotatable bonds is 7. The van der Waals surface area contributed by atoms with E-state index in [2.05, 4.69) is 16.0 Å². The van der Waals surface area contributed by atoms with Crippen LogP contribution >= 0.6 is 11.6 Å². The molecule has 0 aliphatic heterocycles. The van der Waals surface area contributed by atoms with Gasteiger partial charge in [-0.05, 0) is 56.2 Å². The number of imidazole rings is 1. The van der Waals surface area contributed by atoms with Crippen LogP contribution in [0.15, 0.2) is 42.5 Å². The van der Waals surface area contributed by atoms with E-state index >= 15 is 0 Å². The Bertz CT molecular complexity index is 1040. The SMILES string of the molecule is Cc1cc(OCCCn2c(C(C)NC(=O)C(C)(C)C)nc3ccccc32)ccc1Cl. The summed E-state index contributed by atoms with van der Waals surface area (Å²) in [6.45, 7) is 11.0. The summed E-state index contributed by atoms with van der Waals surface area (Å²) in [6.07, 6.45) is 0.814. The van der Waals surface area contributed by atoms with Crippen molar-refractivity contribution < 1.29 is 9.53 Å². The molecule has 0 saturated carbocycles. The first-order valence-corrected chi connectivity index (χ1v) is 10.7. The third-order valence-corrected chi connectivity index (χ3v) is 5.45. The molecule has 0 fully saturated rings. The molecule has 1 N–H and O–H groups in total. The molecule has 2 aromatic carbocycles. The average molecular weight is 428 g/mol. The van der Waals surface area contributed by atoms with E-state index in [1.54, 1.807) is 0 Å². The molecule has 6 heteroatoms. The number of aryl methyl sites for hydroxylation is 2. The highest BCUT2D eigenvalue weighted by Crippen LogP contribution is 2.24. The van der Waals surface area contributed by atoms with E-state index in [9.17, 15) is 4.79 Å². The summed E-state index contributed by atoms with van der Waals surface area (Å²) < 4.78 is 8.08. The molecule has 1 amide bonds. The molecule has 3 rings (SSSR count). The zero-order valence-electron chi connectivity index (χ0n) is 18.3. The second kappa shape index (κ2) is 9.09. The number of ether oxygens (including phenoxy) is 1. The number of aromatic nitrogens is 2. The minimum absolute atomic E-state index is 0.00930. The number of benzene rings is 2. The van der Waals surface area contributed by atoms with Gasteiger partial charge in [0.2, 0.25) is 5.91 Å². The van der Waals surface area contributed by atoms with Crippen molar-refractivity contribution in [1.29, 1.82) is 0 Å². The largest absolute Gasteiger partial charge is 0.494 e. The van der Waals surface area contributed by atoms with Crippen molar-refractivity contribution in [2.45, 2.75) is 53.6 Å². The lowest BCUT2D eigenvalue weighted by Crippen LogP contribution is -2.37. The van der Waals surface area contributed by atoms with Crippen molar-refractivity contribution in [3.63, 3.8) is 0 Å². The van der Waals surface area contributed by atoms with Gasteiger partial charge in [-0.15, -0.1) is 0 Å². The second-order valence-electron chi connectivity index (χ2n) is 8.67. The number of nitrogens with zero attached hydrogens (tertiary/aromatic N) is 2. The van der Waals surface area contributed by atoms with Crippen LogP contribution in [-0.2, 0) is 11.3 Å². The highest BCUT2D eigenvalue weighted by atomic mass is 35.5. The van der Waals surface area contributed by atoms with Crippen LogP contribution in [0.2, 0.25) is 5.02 Å². The Labute approximate surface area is 183 Å². The maximum atomic E-state index is 12.5. The molecule has 1 heterocycles. The molecule has 0 bridgehead atoms. The average Bonchev–Trinajstić information content (AvgIpc) is 3.06. The van der Waals surface area contributed by atoms with E-state index in [1.807, 2.05) is 71.0 Å². The fourth-order valence-electron chi connectivity index (χ4n) is 3.26. The van der Waals surface area contributed by atoms with Gasteiger partial charge in [0.25, 0.3) is 0 Å². The van der Waals surface area contributed by atoms with Crippen LogP contribution in [0.1, 0.15) is 51.5 Å². The molecule has 1 atom stereocenters. The number of hydrogen-bond acceptors (Lipinski definition) is 3. The van der Waals surface area contributed by atoms with Gasteiger partial charge >= 0.3 is 0 Å². The Morgan fingerprint density at radius 2 is 1.97 bits per heavy atom. The van der Waals surface area contributed by atoms with Gasteiger partial charge in [-0.1, -0.05) is 44.5 Å². The van der Waals surface area contributed by atoms with E-state index in [-0.39, 0.29) is 11.9 Å². The van der Waals surface area contributed by atoms with Crippen molar-refractivity contribution in [2.75, 3.05) is 6.61 Å². The Balaban J connectivity index is 1.72. The van der Waals surface area contributed by atoms with E-state index < -0.39 is 5.41 Å². The maximum Gasteiger partial charge on any atom is 0.225 e. The number of nitrogens with one attached hydrogen (secondary N) is 1. The number of carbonyl (C=O) groups excluding carboxylic acids is 1. The molecule has 1 unspecified atom stereocenters. The number of carbonyl (C=O) groups is 1. The molecule has 160 valence electrons. The summed E-state index contributed by atoms with van der Waals surface area (Å²) in [7, 11) is 0. The summed E-state index contributed by atoms with van der Waals surface area (Å²) >= 11 is 6.08. The van der Waals surface area contributed by atoms with Crippen molar-refractivity contribution in [3.05, 3.63) is 58.9 Å². The number of fused-ring (bicyclic) bond motifs is 1. The first-order valence-electron chi connectivity index (χ1n) is 10.3. The smallest absolute Gasteiger partial charge is 0.225 e. The predicted molar refractivity (Wildman–Crippen MR) is 122 cm³/mol. The van der Waals surface area contributed by atoms with Crippen LogP contribution in [0, 0.1) is 12.3 Å².